The summed E-state index contributed by atoms with van der Waals surface area (Å²) in [4.78, 5) is 29.6. The van der Waals surface area contributed by atoms with E-state index in [4.69, 9.17) is 0 Å². The van der Waals surface area contributed by atoms with Crippen LogP contribution in [0, 0.1) is 12.7 Å². The molecular weight excluding hydrogens is 407 g/mol. The highest BCUT2D eigenvalue weighted by Gasteiger charge is 2.35. The molecule has 0 aliphatic heterocycles. The molecular formula is C25H29FN4O2. The van der Waals surface area contributed by atoms with Gasteiger partial charge in [0.15, 0.2) is 0 Å². The molecule has 2 atom stereocenters. The molecule has 6 nitrogen and oxygen atoms in total. The molecule has 0 saturated carbocycles. The highest BCUT2D eigenvalue weighted by atomic mass is 19.1. The lowest BCUT2D eigenvalue weighted by Gasteiger charge is -2.30. The highest BCUT2D eigenvalue weighted by Crippen LogP contribution is 2.35. The van der Waals surface area contributed by atoms with Crippen LogP contribution in [0.5, 0.6) is 0 Å². The number of carbonyl (C=O) groups is 2. The van der Waals surface area contributed by atoms with Gasteiger partial charge in [0.05, 0.1) is 6.33 Å². The Morgan fingerprint density at radius 1 is 1.19 bits per heavy atom. The Hall–Kier alpha value is -3.48. The molecule has 0 fully saturated rings. The van der Waals surface area contributed by atoms with Gasteiger partial charge >= 0.3 is 0 Å². The first kappa shape index (κ1) is 23.2. The van der Waals surface area contributed by atoms with Gasteiger partial charge in [-0.1, -0.05) is 42.0 Å². The van der Waals surface area contributed by atoms with Crippen molar-refractivity contribution < 1.29 is 14.0 Å². The number of nitrogens with zero attached hydrogens (tertiary/aromatic N) is 2. The van der Waals surface area contributed by atoms with E-state index in [0.717, 1.165) is 16.8 Å². The number of aryl methyl sites for hydroxylation is 2. The van der Waals surface area contributed by atoms with E-state index >= 15 is 0 Å². The second-order valence-corrected chi connectivity index (χ2v) is 8.41. The van der Waals surface area contributed by atoms with E-state index in [9.17, 15) is 14.0 Å². The molecule has 32 heavy (non-hydrogen) atoms. The van der Waals surface area contributed by atoms with Gasteiger partial charge in [-0.2, -0.15) is 0 Å². The van der Waals surface area contributed by atoms with E-state index in [-0.39, 0.29) is 24.1 Å². The average Bonchev–Trinajstić information content (AvgIpc) is 3.18. The van der Waals surface area contributed by atoms with Gasteiger partial charge in [0, 0.05) is 37.3 Å². The van der Waals surface area contributed by atoms with Gasteiger partial charge < -0.3 is 15.2 Å². The molecule has 0 bridgehead atoms. The molecule has 1 heterocycles. The minimum atomic E-state index is -0.824. The number of halogens is 1. The van der Waals surface area contributed by atoms with Gasteiger partial charge in [0.2, 0.25) is 11.8 Å². The number of hydrogen-bond acceptors (Lipinski definition) is 3. The largest absolute Gasteiger partial charge is 0.350 e. The quantitative estimate of drug-likeness (QED) is 0.568. The molecule has 0 saturated heterocycles. The van der Waals surface area contributed by atoms with Gasteiger partial charge in [-0.05, 0) is 44.0 Å². The third kappa shape index (κ3) is 5.41. The molecule has 2 aromatic carbocycles. The first-order chi connectivity index (χ1) is 15.2. The van der Waals surface area contributed by atoms with Crippen LogP contribution in [0.25, 0.3) is 0 Å². The molecule has 0 radical (unpaired) electrons. The van der Waals surface area contributed by atoms with Crippen LogP contribution in [0.4, 0.5) is 4.39 Å². The molecule has 2 N–H and O–H groups in total. The van der Waals surface area contributed by atoms with E-state index in [0.29, 0.717) is 12.1 Å². The van der Waals surface area contributed by atoms with Crippen molar-refractivity contribution >= 4 is 11.8 Å². The zero-order valence-corrected chi connectivity index (χ0v) is 18.9. The summed E-state index contributed by atoms with van der Waals surface area (Å²) >= 11 is 0. The fourth-order valence-corrected chi connectivity index (χ4v) is 3.90. The third-order valence-corrected chi connectivity index (χ3v) is 5.68. The zero-order valence-electron chi connectivity index (χ0n) is 18.9. The summed E-state index contributed by atoms with van der Waals surface area (Å²) in [6, 6.07) is 13.4. The number of benzene rings is 2. The number of imidazole rings is 1. The maximum atomic E-state index is 14.0. The Morgan fingerprint density at radius 2 is 1.94 bits per heavy atom. The van der Waals surface area contributed by atoms with Crippen molar-refractivity contribution in [3.8, 4) is 0 Å². The van der Waals surface area contributed by atoms with Crippen LogP contribution in [0.2, 0.25) is 0 Å². The van der Waals surface area contributed by atoms with Gasteiger partial charge in [-0.3, -0.25) is 9.59 Å². The lowest BCUT2D eigenvalue weighted by Crippen LogP contribution is -2.46. The summed E-state index contributed by atoms with van der Waals surface area (Å²) in [5.74, 6) is -0.954. The Bertz CT molecular complexity index is 1110. The molecule has 0 aliphatic carbocycles. The zero-order chi connectivity index (χ0) is 23.3. The predicted octanol–water partition coefficient (Wildman–Crippen LogP) is 3.38. The summed E-state index contributed by atoms with van der Waals surface area (Å²) in [7, 11) is 1.83. The monoisotopic (exact) mass is 436 g/mol. The van der Waals surface area contributed by atoms with Crippen molar-refractivity contribution in [1.29, 1.82) is 0 Å². The Morgan fingerprint density at radius 3 is 2.59 bits per heavy atom. The highest BCUT2D eigenvalue weighted by molar-refractivity contribution is 5.88. The van der Waals surface area contributed by atoms with Crippen LogP contribution < -0.4 is 10.6 Å². The van der Waals surface area contributed by atoms with E-state index in [1.54, 1.807) is 31.6 Å². The van der Waals surface area contributed by atoms with Gasteiger partial charge in [-0.15, -0.1) is 0 Å². The van der Waals surface area contributed by atoms with Crippen molar-refractivity contribution in [1.82, 2.24) is 20.2 Å². The Kier molecular flexibility index (Phi) is 7.08. The first-order valence-electron chi connectivity index (χ1n) is 10.5. The molecule has 3 aromatic rings. The molecule has 2 amide bonds. The van der Waals surface area contributed by atoms with Crippen LogP contribution in [0.1, 0.15) is 42.7 Å². The van der Waals surface area contributed by atoms with E-state index in [2.05, 4.69) is 15.6 Å². The molecule has 2 unspecified atom stereocenters. The molecule has 0 spiro atoms. The number of carbonyl (C=O) groups excluding carboxylic acids is 2. The fourth-order valence-electron chi connectivity index (χ4n) is 3.90. The number of aromatic nitrogens is 2. The number of amides is 2. The van der Waals surface area contributed by atoms with E-state index in [1.807, 2.05) is 49.7 Å². The number of rotatable bonds is 8. The Balaban J connectivity index is 1.70. The second-order valence-electron chi connectivity index (χ2n) is 8.41. The summed E-state index contributed by atoms with van der Waals surface area (Å²) in [6.07, 6.45) is 3.35. The topological polar surface area (TPSA) is 76.0 Å². The molecule has 3 rings (SSSR count). The van der Waals surface area contributed by atoms with Crippen LogP contribution in [0.15, 0.2) is 61.1 Å². The van der Waals surface area contributed by atoms with Gasteiger partial charge in [0.25, 0.3) is 0 Å². The van der Waals surface area contributed by atoms with Crippen molar-refractivity contribution in [3.63, 3.8) is 0 Å². The third-order valence-electron chi connectivity index (χ3n) is 5.68. The minimum Gasteiger partial charge on any atom is -0.350 e. The van der Waals surface area contributed by atoms with Crippen LogP contribution in [0.3, 0.4) is 0 Å². The minimum absolute atomic E-state index is 0.0332. The lowest BCUT2D eigenvalue weighted by atomic mass is 9.76. The molecule has 168 valence electrons. The smallest absolute Gasteiger partial charge is 0.242 e. The molecule has 1 aromatic heterocycles. The standard InChI is InChI=1S/C25H29FN4O2/c1-17-7-5-8-19(11-17)14-28-24(32)18(2)29-23(31)13-25(3,22-15-27-16-30(22)4)20-9-6-10-21(26)12-20/h5-12,15-16,18H,13-14H2,1-4H3,(H,28,32)(H,29,31). The van der Waals surface area contributed by atoms with E-state index in [1.165, 1.54) is 12.1 Å². The Labute approximate surface area is 187 Å². The van der Waals surface area contributed by atoms with Gasteiger partial charge in [-0.25, -0.2) is 9.37 Å². The number of nitrogens with one attached hydrogen (secondary N) is 2. The molecule has 0 aliphatic rings. The van der Waals surface area contributed by atoms with Crippen molar-refractivity contribution in [2.75, 3.05) is 0 Å². The van der Waals surface area contributed by atoms with E-state index < -0.39 is 11.5 Å². The fraction of sp³-hybridized carbons (Fsp3) is 0.320. The SMILES string of the molecule is Cc1cccc(CNC(=O)C(C)NC(=O)CC(C)(c2cccc(F)c2)c2cncn2C)c1. The summed E-state index contributed by atoms with van der Waals surface area (Å²) in [5.41, 5.74) is 2.72. The first-order valence-corrected chi connectivity index (χ1v) is 10.5. The average molecular weight is 437 g/mol. The van der Waals surface area contributed by atoms with Crippen molar-refractivity contribution in [2.24, 2.45) is 7.05 Å². The second kappa shape index (κ2) is 9.77. The number of hydrogen-bond donors (Lipinski definition) is 2. The maximum Gasteiger partial charge on any atom is 0.242 e. The van der Waals surface area contributed by atoms with Crippen LogP contribution in [-0.4, -0.2) is 27.4 Å². The van der Waals surface area contributed by atoms with Crippen LogP contribution in [-0.2, 0) is 28.6 Å². The molecule has 7 heteroatoms. The summed E-state index contributed by atoms with van der Waals surface area (Å²) in [6.45, 7) is 5.90. The van der Waals surface area contributed by atoms with Crippen LogP contribution >= 0.6 is 0 Å². The lowest BCUT2D eigenvalue weighted by molar-refractivity contribution is -0.129. The maximum absolute atomic E-state index is 14.0. The summed E-state index contributed by atoms with van der Waals surface area (Å²) < 4.78 is 15.8. The normalized spacial score (nSPS) is 13.8. The van der Waals surface area contributed by atoms with Gasteiger partial charge in [0.1, 0.15) is 11.9 Å². The predicted molar refractivity (Wildman–Crippen MR) is 121 cm³/mol. The van der Waals surface area contributed by atoms with Crippen molar-refractivity contribution in [3.05, 3.63) is 89.3 Å². The van der Waals surface area contributed by atoms with Crippen molar-refractivity contribution in [2.45, 2.75) is 45.2 Å². The summed E-state index contributed by atoms with van der Waals surface area (Å²) in [5, 5.41) is 5.63.